The summed E-state index contributed by atoms with van der Waals surface area (Å²) in [4.78, 5) is 21.9. The Morgan fingerprint density at radius 3 is 2.91 bits per heavy atom. The van der Waals surface area contributed by atoms with Crippen LogP contribution >= 0.6 is 24.0 Å². The SMILES string of the molecule is CC1(C)CN(Cc2nc3ccc(Cl)cc3c(=O)[nH]2)CCC1N.Cl. The van der Waals surface area contributed by atoms with Crippen molar-refractivity contribution in [2.75, 3.05) is 13.1 Å². The molecule has 1 aromatic carbocycles. The first-order valence-electron chi connectivity index (χ1n) is 7.51. The average Bonchev–Trinajstić information content (AvgIpc) is 2.44. The van der Waals surface area contributed by atoms with Crippen LogP contribution in [-0.4, -0.2) is 34.0 Å². The average molecular weight is 357 g/mol. The van der Waals surface area contributed by atoms with Crippen LogP contribution in [0.5, 0.6) is 0 Å². The molecule has 1 aliphatic heterocycles. The minimum Gasteiger partial charge on any atom is -0.327 e. The van der Waals surface area contributed by atoms with Gasteiger partial charge in [-0.3, -0.25) is 9.69 Å². The molecule has 1 atom stereocenters. The lowest BCUT2D eigenvalue weighted by atomic mass is 9.80. The van der Waals surface area contributed by atoms with Gasteiger partial charge in [0, 0.05) is 24.2 Å². The lowest BCUT2D eigenvalue weighted by molar-refractivity contribution is 0.0879. The lowest BCUT2D eigenvalue weighted by Gasteiger charge is -2.42. The summed E-state index contributed by atoms with van der Waals surface area (Å²) >= 11 is 5.93. The molecule has 7 heteroatoms. The largest absolute Gasteiger partial charge is 0.327 e. The van der Waals surface area contributed by atoms with E-state index in [-0.39, 0.29) is 29.4 Å². The molecule has 1 saturated heterocycles. The summed E-state index contributed by atoms with van der Waals surface area (Å²) in [5, 5.41) is 1.07. The predicted octanol–water partition coefficient (Wildman–Crippen LogP) is 2.56. The zero-order valence-corrected chi connectivity index (χ0v) is 14.9. The highest BCUT2D eigenvalue weighted by atomic mass is 35.5. The second kappa shape index (κ2) is 6.77. The molecule has 126 valence electrons. The van der Waals surface area contributed by atoms with E-state index in [0.29, 0.717) is 28.3 Å². The van der Waals surface area contributed by atoms with Gasteiger partial charge >= 0.3 is 0 Å². The summed E-state index contributed by atoms with van der Waals surface area (Å²) in [6, 6.07) is 5.40. The van der Waals surface area contributed by atoms with Crippen molar-refractivity contribution in [3.05, 3.63) is 39.4 Å². The number of nitrogens with one attached hydrogen (secondary N) is 1. The maximum atomic E-state index is 12.2. The predicted molar refractivity (Wildman–Crippen MR) is 96.3 cm³/mol. The molecule has 0 bridgehead atoms. The van der Waals surface area contributed by atoms with Crippen molar-refractivity contribution in [1.29, 1.82) is 0 Å². The van der Waals surface area contributed by atoms with Gasteiger partial charge in [-0.15, -0.1) is 12.4 Å². The Balaban J connectivity index is 0.00000192. The van der Waals surface area contributed by atoms with Gasteiger partial charge in [0.1, 0.15) is 5.82 Å². The molecule has 1 fully saturated rings. The van der Waals surface area contributed by atoms with Crippen LogP contribution in [0.15, 0.2) is 23.0 Å². The van der Waals surface area contributed by atoms with Gasteiger partial charge in [0.25, 0.3) is 5.56 Å². The third-order valence-electron chi connectivity index (χ3n) is 4.48. The highest BCUT2D eigenvalue weighted by molar-refractivity contribution is 6.31. The van der Waals surface area contributed by atoms with Crippen molar-refractivity contribution < 1.29 is 0 Å². The van der Waals surface area contributed by atoms with Crippen LogP contribution in [0.4, 0.5) is 0 Å². The molecule has 1 aliphatic rings. The molecule has 0 saturated carbocycles. The number of nitrogens with two attached hydrogens (primary N) is 1. The molecule has 3 rings (SSSR count). The highest BCUT2D eigenvalue weighted by Crippen LogP contribution is 2.28. The number of piperidine rings is 1. The Morgan fingerprint density at radius 2 is 2.22 bits per heavy atom. The molecule has 2 aromatic rings. The third-order valence-corrected chi connectivity index (χ3v) is 4.72. The maximum Gasteiger partial charge on any atom is 0.258 e. The number of hydrogen-bond acceptors (Lipinski definition) is 4. The molecule has 23 heavy (non-hydrogen) atoms. The van der Waals surface area contributed by atoms with Crippen molar-refractivity contribution >= 4 is 34.9 Å². The van der Waals surface area contributed by atoms with Crippen LogP contribution in [0.25, 0.3) is 10.9 Å². The Bertz CT molecular complexity index is 759. The summed E-state index contributed by atoms with van der Waals surface area (Å²) in [5.74, 6) is 0.686. The second-order valence-electron chi connectivity index (χ2n) is 6.77. The first kappa shape index (κ1) is 18.2. The van der Waals surface area contributed by atoms with Gasteiger partial charge in [0.15, 0.2) is 0 Å². The van der Waals surface area contributed by atoms with Crippen molar-refractivity contribution in [2.45, 2.75) is 32.9 Å². The molecule has 3 N–H and O–H groups in total. The Labute approximate surface area is 146 Å². The summed E-state index contributed by atoms with van der Waals surface area (Å²) in [6.45, 7) is 6.82. The lowest BCUT2D eigenvalue weighted by Crippen LogP contribution is -2.52. The fourth-order valence-corrected chi connectivity index (χ4v) is 3.24. The summed E-state index contributed by atoms with van der Waals surface area (Å²) < 4.78 is 0. The molecular weight excluding hydrogens is 335 g/mol. The normalized spacial score (nSPS) is 21.1. The number of fused-ring (bicyclic) bond motifs is 1. The Hall–Kier alpha value is -1.14. The van der Waals surface area contributed by atoms with E-state index in [4.69, 9.17) is 17.3 Å². The van der Waals surface area contributed by atoms with E-state index in [1.54, 1.807) is 18.2 Å². The fraction of sp³-hybridized carbons (Fsp3) is 0.500. The van der Waals surface area contributed by atoms with Crippen LogP contribution in [-0.2, 0) is 6.54 Å². The van der Waals surface area contributed by atoms with Crippen LogP contribution in [0.3, 0.4) is 0 Å². The van der Waals surface area contributed by atoms with E-state index in [2.05, 4.69) is 28.7 Å². The maximum absolute atomic E-state index is 12.2. The first-order chi connectivity index (χ1) is 10.3. The smallest absolute Gasteiger partial charge is 0.258 e. The van der Waals surface area contributed by atoms with E-state index < -0.39 is 0 Å². The molecule has 1 aromatic heterocycles. The number of aromatic nitrogens is 2. The molecule has 5 nitrogen and oxygen atoms in total. The monoisotopic (exact) mass is 356 g/mol. The molecule has 2 heterocycles. The molecule has 0 aliphatic carbocycles. The number of hydrogen-bond donors (Lipinski definition) is 2. The number of halogens is 2. The zero-order chi connectivity index (χ0) is 15.9. The van der Waals surface area contributed by atoms with Crippen molar-refractivity contribution in [2.24, 2.45) is 11.1 Å². The summed E-state index contributed by atoms with van der Waals surface area (Å²) in [7, 11) is 0. The van der Waals surface area contributed by atoms with Gasteiger partial charge in [-0.1, -0.05) is 25.4 Å². The van der Waals surface area contributed by atoms with Gasteiger partial charge < -0.3 is 10.7 Å². The van der Waals surface area contributed by atoms with Gasteiger partial charge in [-0.2, -0.15) is 0 Å². The molecular formula is C16H22Cl2N4O. The van der Waals surface area contributed by atoms with Crippen LogP contribution in [0.1, 0.15) is 26.1 Å². The van der Waals surface area contributed by atoms with E-state index >= 15 is 0 Å². The number of rotatable bonds is 2. The highest BCUT2D eigenvalue weighted by Gasteiger charge is 2.33. The standard InChI is InChI=1S/C16H21ClN4O.ClH/c1-16(2)9-21(6-5-13(16)18)8-14-19-12-4-3-10(17)7-11(12)15(22)20-14;/h3-4,7,13H,5-6,8-9,18H2,1-2H3,(H,19,20,22);1H. The fourth-order valence-electron chi connectivity index (χ4n) is 3.07. The first-order valence-corrected chi connectivity index (χ1v) is 7.89. The van der Waals surface area contributed by atoms with Gasteiger partial charge in [-0.25, -0.2) is 4.98 Å². The van der Waals surface area contributed by atoms with Crippen molar-refractivity contribution in [3.63, 3.8) is 0 Å². The molecule has 0 radical (unpaired) electrons. The third kappa shape index (κ3) is 3.86. The van der Waals surface area contributed by atoms with E-state index in [1.165, 1.54) is 0 Å². The second-order valence-corrected chi connectivity index (χ2v) is 7.20. The van der Waals surface area contributed by atoms with Crippen LogP contribution < -0.4 is 11.3 Å². The molecule has 0 amide bonds. The van der Waals surface area contributed by atoms with E-state index in [0.717, 1.165) is 19.5 Å². The van der Waals surface area contributed by atoms with Crippen molar-refractivity contribution in [3.8, 4) is 0 Å². The van der Waals surface area contributed by atoms with Crippen molar-refractivity contribution in [1.82, 2.24) is 14.9 Å². The van der Waals surface area contributed by atoms with Crippen LogP contribution in [0.2, 0.25) is 5.02 Å². The Morgan fingerprint density at radius 1 is 1.48 bits per heavy atom. The Kier molecular flexibility index (Phi) is 5.36. The number of likely N-dealkylation sites (tertiary alicyclic amines) is 1. The molecule has 1 unspecified atom stereocenters. The minimum atomic E-state index is -0.143. The van der Waals surface area contributed by atoms with E-state index in [1.807, 2.05) is 0 Å². The minimum absolute atomic E-state index is 0. The number of H-pyrrole nitrogens is 1. The van der Waals surface area contributed by atoms with Gasteiger partial charge in [0.05, 0.1) is 17.4 Å². The summed E-state index contributed by atoms with van der Waals surface area (Å²) in [6.07, 6.45) is 0.959. The van der Waals surface area contributed by atoms with Crippen LogP contribution in [0, 0.1) is 5.41 Å². The summed E-state index contributed by atoms with van der Waals surface area (Å²) in [5.41, 5.74) is 6.77. The zero-order valence-electron chi connectivity index (χ0n) is 13.3. The van der Waals surface area contributed by atoms with Gasteiger partial charge in [0.2, 0.25) is 0 Å². The number of nitrogens with zero attached hydrogens (tertiary/aromatic N) is 2. The van der Waals surface area contributed by atoms with Gasteiger partial charge in [-0.05, 0) is 30.0 Å². The van der Waals surface area contributed by atoms with E-state index in [9.17, 15) is 4.79 Å². The topological polar surface area (TPSA) is 75.0 Å². The quantitative estimate of drug-likeness (QED) is 0.866. The number of aromatic amines is 1. The molecule has 0 spiro atoms. The number of benzene rings is 1.